The number of ether oxygens (including phenoxy) is 2. The van der Waals surface area contributed by atoms with Crippen LogP contribution in [-0.4, -0.2) is 43.0 Å². The highest BCUT2D eigenvalue weighted by molar-refractivity contribution is 9.10. The molecule has 0 radical (unpaired) electrons. The molecule has 0 aromatic heterocycles. The van der Waals surface area contributed by atoms with Crippen LogP contribution in [-0.2, 0) is 14.3 Å². The third-order valence-corrected chi connectivity index (χ3v) is 3.72. The average molecular weight is 388 g/mol. The van der Waals surface area contributed by atoms with Crippen molar-refractivity contribution < 1.29 is 24.2 Å². The largest absolute Gasteiger partial charge is 0.481 e. The van der Waals surface area contributed by atoms with E-state index in [2.05, 4.69) is 21.2 Å². The van der Waals surface area contributed by atoms with Crippen LogP contribution in [0.25, 0.3) is 0 Å². The molecule has 23 heavy (non-hydrogen) atoms. The van der Waals surface area contributed by atoms with E-state index in [1.165, 1.54) is 0 Å². The van der Waals surface area contributed by atoms with Gasteiger partial charge >= 0.3 is 5.97 Å². The summed E-state index contributed by atoms with van der Waals surface area (Å²) in [4.78, 5) is 23.3. The summed E-state index contributed by atoms with van der Waals surface area (Å²) in [5.41, 5.74) is 0.506. The first-order chi connectivity index (χ1) is 10.9. The van der Waals surface area contributed by atoms with Crippen molar-refractivity contribution in [1.82, 2.24) is 5.32 Å². The summed E-state index contributed by atoms with van der Waals surface area (Å²) < 4.78 is 11.3. The number of nitrogens with one attached hydrogen (secondary N) is 1. The lowest BCUT2D eigenvalue weighted by Gasteiger charge is -2.20. The molecular weight excluding hydrogens is 366 g/mol. The zero-order valence-electron chi connectivity index (χ0n) is 13.3. The summed E-state index contributed by atoms with van der Waals surface area (Å²) >= 11 is 3.31. The van der Waals surface area contributed by atoms with Crippen molar-refractivity contribution >= 4 is 27.8 Å². The third-order valence-electron chi connectivity index (χ3n) is 3.19. The fraction of sp³-hybridized carbons (Fsp3) is 0.500. The van der Waals surface area contributed by atoms with E-state index >= 15 is 0 Å². The van der Waals surface area contributed by atoms with Crippen LogP contribution in [0.4, 0.5) is 0 Å². The summed E-state index contributed by atoms with van der Waals surface area (Å²) in [6, 6.07) is 6.53. The number of carbonyl (C=O) groups excluding carboxylic acids is 1. The maximum Gasteiger partial charge on any atom is 0.306 e. The van der Waals surface area contributed by atoms with E-state index in [1.54, 1.807) is 31.2 Å². The fourth-order valence-electron chi connectivity index (χ4n) is 1.90. The molecule has 7 heteroatoms. The fourth-order valence-corrected chi connectivity index (χ4v) is 2.16. The van der Waals surface area contributed by atoms with E-state index in [-0.39, 0.29) is 25.7 Å². The minimum atomic E-state index is -0.905. The molecular formula is C16H22BrNO5. The third kappa shape index (κ3) is 7.58. The van der Waals surface area contributed by atoms with Gasteiger partial charge < -0.3 is 19.9 Å². The van der Waals surface area contributed by atoms with E-state index in [1.807, 2.05) is 6.92 Å². The Kier molecular flexibility index (Phi) is 8.83. The van der Waals surface area contributed by atoms with Gasteiger partial charge in [-0.05, 0) is 37.6 Å². The number of halogens is 1. The summed E-state index contributed by atoms with van der Waals surface area (Å²) in [5, 5.41) is 11.9. The van der Waals surface area contributed by atoms with Gasteiger partial charge in [-0.15, -0.1) is 0 Å². The SMILES string of the molecule is CCOCOC[C@H](C[C@H](C)C(=O)O)NC(=O)c1ccc(Br)cc1. The molecule has 0 fully saturated rings. The van der Waals surface area contributed by atoms with Crippen molar-refractivity contribution in [3.8, 4) is 0 Å². The number of benzene rings is 1. The van der Waals surface area contributed by atoms with E-state index < -0.39 is 17.9 Å². The number of hydrogen-bond donors (Lipinski definition) is 2. The molecule has 0 heterocycles. The van der Waals surface area contributed by atoms with Crippen LogP contribution in [0.3, 0.4) is 0 Å². The lowest BCUT2D eigenvalue weighted by atomic mass is 10.0. The predicted molar refractivity (Wildman–Crippen MR) is 89.3 cm³/mol. The van der Waals surface area contributed by atoms with Crippen LogP contribution >= 0.6 is 15.9 Å². The zero-order chi connectivity index (χ0) is 17.2. The minimum absolute atomic E-state index is 0.114. The van der Waals surface area contributed by atoms with Gasteiger partial charge in [0.2, 0.25) is 0 Å². The molecule has 0 saturated heterocycles. The first kappa shape index (κ1) is 19.6. The van der Waals surface area contributed by atoms with Crippen LogP contribution < -0.4 is 5.32 Å². The van der Waals surface area contributed by atoms with Crippen LogP contribution in [0.5, 0.6) is 0 Å². The summed E-state index contributed by atoms with van der Waals surface area (Å²) in [7, 11) is 0. The number of amides is 1. The minimum Gasteiger partial charge on any atom is -0.481 e. The average Bonchev–Trinajstić information content (AvgIpc) is 2.51. The van der Waals surface area contributed by atoms with Crippen molar-refractivity contribution in [1.29, 1.82) is 0 Å². The quantitative estimate of drug-likeness (QED) is 0.476. The maximum absolute atomic E-state index is 12.2. The second-order valence-electron chi connectivity index (χ2n) is 5.13. The lowest BCUT2D eigenvalue weighted by Crippen LogP contribution is -2.40. The monoisotopic (exact) mass is 387 g/mol. The number of carbonyl (C=O) groups is 2. The van der Waals surface area contributed by atoms with Crippen molar-refractivity contribution in [3.05, 3.63) is 34.3 Å². The van der Waals surface area contributed by atoms with E-state index in [4.69, 9.17) is 14.6 Å². The van der Waals surface area contributed by atoms with Gasteiger partial charge in [0.1, 0.15) is 6.79 Å². The van der Waals surface area contributed by atoms with Gasteiger partial charge in [-0.2, -0.15) is 0 Å². The van der Waals surface area contributed by atoms with Crippen molar-refractivity contribution in [2.75, 3.05) is 20.0 Å². The van der Waals surface area contributed by atoms with Gasteiger partial charge in [-0.1, -0.05) is 22.9 Å². The molecule has 1 aromatic carbocycles. The standard InChI is InChI=1S/C16H22BrNO5/c1-3-22-10-23-9-14(8-11(2)16(20)21)18-15(19)12-4-6-13(17)7-5-12/h4-7,11,14H,3,8-10H2,1-2H3,(H,18,19)(H,20,21)/t11-,14-/m0/s1. The first-order valence-corrected chi connectivity index (χ1v) is 8.18. The van der Waals surface area contributed by atoms with Gasteiger partial charge in [0.25, 0.3) is 5.91 Å². The number of aliphatic carboxylic acids is 1. The normalized spacial score (nSPS) is 13.3. The van der Waals surface area contributed by atoms with Gasteiger partial charge in [0, 0.05) is 16.6 Å². The Morgan fingerprint density at radius 1 is 1.26 bits per heavy atom. The van der Waals surface area contributed by atoms with Crippen molar-refractivity contribution in [2.24, 2.45) is 5.92 Å². The summed E-state index contributed by atoms with van der Waals surface area (Å²) in [6.07, 6.45) is 0.281. The van der Waals surface area contributed by atoms with Gasteiger partial charge in [-0.25, -0.2) is 0 Å². The summed E-state index contributed by atoms with van der Waals surface area (Å²) in [6.45, 7) is 4.29. The Balaban J connectivity index is 2.64. The predicted octanol–water partition coefficient (Wildman–Crippen LogP) is 2.67. The molecule has 0 bridgehead atoms. The Morgan fingerprint density at radius 2 is 1.91 bits per heavy atom. The van der Waals surface area contributed by atoms with Crippen molar-refractivity contribution in [2.45, 2.75) is 26.3 Å². The van der Waals surface area contributed by atoms with Crippen molar-refractivity contribution in [3.63, 3.8) is 0 Å². The van der Waals surface area contributed by atoms with Gasteiger partial charge in [0.15, 0.2) is 0 Å². The topological polar surface area (TPSA) is 84.9 Å². The number of carboxylic acids is 1. The van der Waals surface area contributed by atoms with Crippen LogP contribution in [0, 0.1) is 5.92 Å². The number of carboxylic acid groups (broad SMARTS) is 1. The molecule has 1 rings (SSSR count). The number of rotatable bonds is 10. The highest BCUT2D eigenvalue weighted by Gasteiger charge is 2.21. The molecule has 1 amide bonds. The molecule has 2 N–H and O–H groups in total. The first-order valence-electron chi connectivity index (χ1n) is 7.38. The maximum atomic E-state index is 12.2. The van der Waals surface area contributed by atoms with Gasteiger partial charge in [-0.3, -0.25) is 9.59 Å². The Bertz CT molecular complexity index is 506. The molecule has 0 saturated carbocycles. The molecule has 1 aromatic rings. The Hall–Kier alpha value is -1.44. The highest BCUT2D eigenvalue weighted by Crippen LogP contribution is 2.12. The van der Waals surface area contributed by atoms with E-state index in [9.17, 15) is 9.59 Å². The molecule has 0 aliphatic carbocycles. The molecule has 0 spiro atoms. The van der Waals surface area contributed by atoms with Crippen LogP contribution in [0.1, 0.15) is 30.6 Å². The van der Waals surface area contributed by atoms with Gasteiger partial charge in [0.05, 0.1) is 18.6 Å². The highest BCUT2D eigenvalue weighted by atomic mass is 79.9. The zero-order valence-corrected chi connectivity index (χ0v) is 14.8. The Labute approximate surface area is 144 Å². The van der Waals surface area contributed by atoms with Crippen LogP contribution in [0.15, 0.2) is 28.7 Å². The summed E-state index contributed by atoms with van der Waals surface area (Å²) in [5.74, 6) is -1.75. The Morgan fingerprint density at radius 3 is 2.48 bits per heavy atom. The molecule has 6 nitrogen and oxygen atoms in total. The van der Waals surface area contributed by atoms with E-state index in [0.29, 0.717) is 12.2 Å². The lowest BCUT2D eigenvalue weighted by molar-refractivity contribution is -0.141. The number of hydrogen-bond acceptors (Lipinski definition) is 4. The van der Waals surface area contributed by atoms with E-state index in [0.717, 1.165) is 4.47 Å². The molecule has 0 unspecified atom stereocenters. The second-order valence-corrected chi connectivity index (χ2v) is 6.05. The van der Waals surface area contributed by atoms with Crippen LogP contribution in [0.2, 0.25) is 0 Å². The second kappa shape index (κ2) is 10.4. The smallest absolute Gasteiger partial charge is 0.306 e. The molecule has 0 aliphatic rings. The molecule has 2 atom stereocenters. The molecule has 128 valence electrons. The molecule has 0 aliphatic heterocycles.